The molecule has 9 heteroatoms. The van der Waals surface area contributed by atoms with Gasteiger partial charge in [0.2, 0.25) is 0 Å². The highest BCUT2D eigenvalue weighted by atomic mass is 16.7. The van der Waals surface area contributed by atoms with E-state index in [0.29, 0.717) is 23.9 Å². The second-order valence-electron chi connectivity index (χ2n) is 17.7. The van der Waals surface area contributed by atoms with E-state index in [4.69, 9.17) is 18.9 Å². The number of hydrogen-bond donors (Lipinski definition) is 1. The Morgan fingerprint density at radius 2 is 0.862 bits per heavy atom. The Morgan fingerprint density at radius 1 is 0.462 bits per heavy atom. The normalized spacial score (nSPS) is 13.7. The molecular weight excluding hydrogens is 815 g/mol. The van der Waals surface area contributed by atoms with E-state index in [9.17, 15) is 19.5 Å². The molecule has 0 rings (SSSR count). The molecule has 1 N–H and O–H groups in total. The summed E-state index contributed by atoms with van der Waals surface area (Å²) < 4.78 is 22.7. The lowest BCUT2D eigenvalue weighted by Gasteiger charge is -2.25. The average Bonchev–Trinajstić information content (AvgIpc) is 3.27. The van der Waals surface area contributed by atoms with Crippen molar-refractivity contribution in [2.24, 2.45) is 0 Å². The molecule has 2 unspecified atom stereocenters. The predicted molar refractivity (Wildman–Crippen MR) is 272 cm³/mol. The SMILES string of the molecule is CC/C=C\C/C=C\C/C=C\C/C=C\CCCCCCCCCCCCCCCCC(=O)OC(COC(=O)CC/C=C\C/C=C\C/C=C\C/C=C\CC)COC(OCC[N+](C)(C)C)C(=O)O. The molecule has 0 aromatic rings. The fourth-order valence-electron chi connectivity index (χ4n) is 6.49. The molecule has 0 saturated heterocycles. The molecule has 0 heterocycles. The highest BCUT2D eigenvalue weighted by molar-refractivity contribution is 5.71. The summed E-state index contributed by atoms with van der Waals surface area (Å²) in [5, 5.41) is 9.65. The molecule has 0 aromatic carbocycles. The van der Waals surface area contributed by atoms with E-state index < -0.39 is 30.3 Å². The van der Waals surface area contributed by atoms with Crippen molar-refractivity contribution in [2.45, 2.75) is 193 Å². The lowest BCUT2D eigenvalue weighted by Crippen LogP contribution is -2.40. The van der Waals surface area contributed by atoms with Gasteiger partial charge in [-0.15, -0.1) is 0 Å². The third-order valence-corrected chi connectivity index (χ3v) is 10.3. The summed E-state index contributed by atoms with van der Waals surface area (Å²) in [4.78, 5) is 37.2. The summed E-state index contributed by atoms with van der Waals surface area (Å²) in [5.41, 5.74) is 0. The molecule has 0 amide bonds. The smallest absolute Gasteiger partial charge is 0.361 e. The molecule has 370 valence electrons. The van der Waals surface area contributed by atoms with E-state index in [2.05, 4.69) is 98.9 Å². The van der Waals surface area contributed by atoms with Crippen LogP contribution in [0.4, 0.5) is 0 Å². The molecule has 0 saturated carbocycles. The maximum atomic E-state index is 12.8. The number of nitrogens with zero attached hydrogens (tertiary/aromatic N) is 1. The minimum Gasteiger partial charge on any atom is -0.477 e. The van der Waals surface area contributed by atoms with E-state index >= 15 is 0 Å². The van der Waals surface area contributed by atoms with Crippen molar-refractivity contribution in [3.05, 3.63) is 97.2 Å². The van der Waals surface area contributed by atoms with Crippen LogP contribution in [0, 0.1) is 0 Å². The summed E-state index contributed by atoms with van der Waals surface area (Å²) in [6, 6.07) is 0. The molecule has 65 heavy (non-hydrogen) atoms. The number of ether oxygens (including phenoxy) is 4. The number of likely N-dealkylation sites (N-methyl/N-ethyl adjacent to an activating group) is 1. The first kappa shape index (κ1) is 61.2. The molecular formula is C56H94NO8+. The first-order chi connectivity index (χ1) is 31.6. The summed E-state index contributed by atoms with van der Waals surface area (Å²) in [5.74, 6) is -2.12. The van der Waals surface area contributed by atoms with Gasteiger partial charge in [-0.3, -0.25) is 9.59 Å². The number of carboxylic acids is 1. The molecule has 0 aliphatic heterocycles. The number of carbonyl (C=O) groups excluding carboxylic acids is 2. The number of allylic oxidation sites excluding steroid dienone is 16. The van der Waals surface area contributed by atoms with Crippen LogP contribution in [-0.2, 0) is 33.3 Å². The van der Waals surface area contributed by atoms with Crippen LogP contribution in [0.15, 0.2) is 97.2 Å². The third-order valence-electron chi connectivity index (χ3n) is 10.3. The number of quaternary nitrogens is 1. The van der Waals surface area contributed by atoms with Crippen molar-refractivity contribution in [3.8, 4) is 0 Å². The number of carbonyl (C=O) groups is 3. The van der Waals surface area contributed by atoms with E-state index in [1.807, 2.05) is 33.3 Å². The van der Waals surface area contributed by atoms with Crippen molar-refractivity contribution >= 4 is 17.9 Å². The number of rotatable bonds is 45. The zero-order valence-electron chi connectivity index (χ0n) is 41.9. The van der Waals surface area contributed by atoms with Crippen LogP contribution in [-0.4, -0.2) is 87.4 Å². The van der Waals surface area contributed by atoms with E-state index in [0.717, 1.165) is 70.6 Å². The van der Waals surface area contributed by atoms with Crippen LogP contribution < -0.4 is 0 Å². The highest BCUT2D eigenvalue weighted by Crippen LogP contribution is 2.15. The summed E-state index contributed by atoms with van der Waals surface area (Å²) >= 11 is 0. The Bertz CT molecular complexity index is 1380. The first-order valence-electron chi connectivity index (χ1n) is 25.4. The van der Waals surface area contributed by atoms with Crippen LogP contribution in [0.2, 0.25) is 0 Å². The number of aliphatic carboxylic acids is 1. The van der Waals surface area contributed by atoms with Crippen molar-refractivity contribution in [3.63, 3.8) is 0 Å². The van der Waals surface area contributed by atoms with E-state index in [1.165, 1.54) is 70.6 Å². The van der Waals surface area contributed by atoms with Gasteiger partial charge in [0.05, 0.1) is 34.4 Å². The molecule has 0 bridgehead atoms. The molecule has 0 spiro atoms. The zero-order valence-corrected chi connectivity index (χ0v) is 41.9. The Hall–Kier alpha value is -3.79. The summed E-state index contributed by atoms with van der Waals surface area (Å²) in [7, 11) is 5.93. The van der Waals surface area contributed by atoms with Crippen LogP contribution in [0.25, 0.3) is 0 Å². The maximum Gasteiger partial charge on any atom is 0.361 e. The Morgan fingerprint density at radius 3 is 1.29 bits per heavy atom. The molecule has 2 atom stereocenters. The average molecular weight is 909 g/mol. The minimum absolute atomic E-state index is 0.173. The molecule has 0 aliphatic carbocycles. The van der Waals surface area contributed by atoms with Gasteiger partial charge in [-0.25, -0.2) is 4.79 Å². The second kappa shape index (κ2) is 46.7. The van der Waals surface area contributed by atoms with Crippen LogP contribution in [0.3, 0.4) is 0 Å². The lowest BCUT2D eigenvalue weighted by atomic mass is 10.0. The summed E-state index contributed by atoms with van der Waals surface area (Å²) in [6.07, 6.45) is 59.3. The molecule has 9 nitrogen and oxygen atoms in total. The van der Waals surface area contributed by atoms with Gasteiger partial charge in [-0.1, -0.05) is 188 Å². The standard InChI is InChI=1S/C56H93NO8/c1-6-8-10-12-14-16-18-20-21-22-23-24-25-26-27-28-29-30-31-32-33-35-37-39-41-43-45-47-54(59)65-52(51-64-56(55(60)61)62-49-48-57(3,4)5)50-63-53(58)46-44-42-40-38-36-34-19-17-15-13-11-9-7-2/h8-11,14-17,20-21,23-24,34,36,40,42,52,56H,6-7,12-13,18-19,22,25-33,35,37-39,41,43-51H2,1-5H3/p+1/b10-8-,11-9-,16-14-,17-15-,21-20-,24-23-,36-34-,42-40-. The second-order valence-corrected chi connectivity index (χ2v) is 17.7. The third kappa shape index (κ3) is 48.0. The van der Waals surface area contributed by atoms with Gasteiger partial charge < -0.3 is 28.5 Å². The quantitative estimate of drug-likeness (QED) is 0.0212. The number of hydrogen-bond acceptors (Lipinski definition) is 7. The number of esters is 2. The van der Waals surface area contributed by atoms with Gasteiger partial charge in [0.15, 0.2) is 6.10 Å². The van der Waals surface area contributed by atoms with Gasteiger partial charge >= 0.3 is 17.9 Å². The van der Waals surface area contributed by atoms with Gasteiger partial charge in [-0.05, 0) is 77.0 Å². The molecule has 0 aromatic heterocycles. The van der Waals surface area contributed by atoms with E-state index in [-0.39, 0.29) is 32.7 Å². The lowest BCUT2D eigenvalue weighted by molar-refractivity contribution is -0.870. The molecule has 0 fully saturated rings. The minimum atomic E-state index is -1.53. The Balaban J connectivity index is 4.30. The predicted octanol–water partition coefficient (Wildman–Crippen LogP) is 14.2. The van der Waals surface area contributed by atoms with Crippen molar-refractivity contribution in [1.29, 1.82) is 0 Å². The maximum absolute atomic E-state index is 12.8. The first-order valence-corrected chi connectivity index (χ1v) is 25.4. The number of carboxylic acid groups (broad SMARTS) is 1. The molecule has 0 radical (unpaired) electrons. The van der Waals surface area contributed by atoms with Crippen LogP contribution in [0.5, 0.6) is 0 Å². The summed E-state index contributed by atoms with van der Waals surface area (Å²) in [6.45, 7) is 4.54. The monoisotopic (exact) mass is 909 g/mol. The fourth-order valence-corrected chi connectivity index (χ4v) is 6.49. The zero-order chi connectivity index (χ0) is 47.7. The highest BCUT2D eigenvalue weighted by Gasteiger charge is 2.25. The fraction of sp³-hybridized carbons (Fsp3) is 0.661. The van der Waals surface area contributed by atoms with Gasteiger partial charge in [0, 0.05) is 12.8 Å². The Kier molecular flexibility index (Phi) is 44.0. The number of unbranched alkanes of at least 4 members (excludes halogenated alkanes) is 14. The topological polar surface area (TPSA) is 108 Å². The Labute approximate surface area is 397 Å². The van der Waals surface area contributed by atoms with Gasteiger partial charge in [0.1, 0.15) is 13.2 Å². The largest absolute Gasteiger partial charge is 0.477 e. The van der Waals surface area contributed by atoms with Crippen molar-refractivity contribution < 1.29 is 42.9 Å². The van der Waals surface area contributed by atoms with Crippen LogP contribution in [0.1, 0.15) is 181 Å². The van der Waals surface area contributed by atoms with Crippen molar-refractivity contribution in [2.75, 3.05) is 47.5 Å². The van der Waals surface area contributed by atoms with Crippen LogP contribution >= 0.6 is 0 Å². The van der Waals surface area contributed by atoms with Gasteiger partial charge in [0.25, 0.3) is 6.29 Å². The van der Waals surface area contributed by atoms with Crippen molar-refractivity contribution in [1.82, 2.24) is 0 Å². The van der Waals surface area contributed by atoms with Gasteiger partial charge in [-0.2, -0.15) is 0 Å². The van der Waals surface area contributed by atoms with E-state index in [1.54, 1.807) is 0 Å². The molecule has 0 aliphatic rings.